The summed E-state index contributed by atoms with van der Waals surface area (Å²) in [6.45, 7) is 3.97. The second-order valence-electron chi connectivity index (χ2n) is 8.52. The van der Waals surface area contributed by atoms with Crippen LogP contribution in [0.5, 0.6) is 0 Å². The van der Waals surface area contributed by atoms with E-state index in [9.17, 15) is 14.4 Å². The molecule has 0 fully saturated rings. The molecule has 0 aliphatic rings. The van der Waals surface area contributed by atoms with Gasteiger partial charge in [0.05, 0.1) is 11.0 Å². The van der Waals surface area contributed by atoms with Gasteiger partial charge in [-0.15, -0.1) is 0 Å². The number of carbonyl (C=O) groups is 3. The molecule has 1 atom stereocenters. The molecule has 2 N–H and O–H groups in total. The van der Waals surface area contributed by atoms with Crippen LogP contribution >= 0.6 is 0 Å². The Hall–Kier alpha value is -4.46. The van der Waals surface area contributed by atoms with Gasteiger partial charge >= 0.3 is 12.1 Å². The Labute approximate surface area is 208 Å². The number of Topliss-reactive ketones (excluding diaryl/α,β-unsaturated/α-hetero) is 1. The number of esters is 1. The summed E-state index contributed by atoms with van der Waals surface area (Å²) >= 11 is 0. The number of nitrogens with zero attached hydrogens (tertiary/aromatic N) is 1. The van der Waals surface area contributed by atoms with Gasteiger partial charge in [0, 0.05) is 6.42 Å². The number of nitrogens with one attached hydrogen (secondary N) is 2. The zero-order chi connectivity index (χ0) is 25.5. The normalized spacial score (nSPS) is 11.6. The third-order valence-corrected chi connectivity index (χ3v) is 5.76. The maximum absolute atomic E-state index is 13.0. The van der Waals surface area contributed by atoms with Gasteiger partial charge in [0.15, 0.2) is 5.82 Å². The molecule has 36 heavy (non-hydrogen) atoms. The third-order valence-electron chi connectivity index (χ3n) is 5.76. The number of hydrogen-bond donors (Lipinski definition) is 2. The van der Waals surface area contributed by atoms with Crippen molar-refractivity contribution in [2.24, 2.45) is 0 Å². The number of alkyl carbamates (subject to hydrolysis) is 1. The molecule has 4 aromatic rings. The van der Waals surface area contributed by atoms with Gasteiger partial charge in [-0.3, -0.25) is 4.79 Å². The number of aromatic nitrogens is 2. The van der Waals surface area contributed by atoms with Crippen LogP contribution in [-0.4, -0.2) is 33.9 Å². The van der Waals surface area contributed by atoms with E-state index in [0.717, 1.165) is 27.8 Å². The highest BCUT2D eigenvalue weighted by atomic mass is 16.6. The fraction of sp³-hybridized carbons (Fsp3) is 0.214. The Morgan fingerprint density at radius 2 is 1.44 bits per heavy atom. The SMILES string of the molecule is Cc1cc2nc(C(=O)C[C@@H](NC(=O)OCc3ccccc3)C(=O)OCc3ccccc3)[nH]c2cc1C. The molecule has 0 aliphatic carbocycles. The molecule has 0 aliphatic heterocycles. The second-order valence-corrected chi connectivity index (χ2v) is 8.52. The van der Waals surface area contributed by atoms with Gasteiger partial charge in [-0.05, 0) is 48.2 Å². The number of benzene rings is 3. The molecule has 0 unspecified atom stereocenters. The van der Waals surface area contributed by atoms with Crippen LogP contribution in [0.25, 0.3) is 11.0 Å². The number of imidazole rings is 1. The van der Waals surface area contributed by atoms with Crippen molar-refractivity contribution in [2.75, 3.05) is 0 Å². The summed E-state index contributed by atoms with van der Waals surface area (Å²) in [6, 6.07) is 20.8. The predicted octanol–water partition coefficient (Wildman–Crippen LogP) is 4.79. The van der Waals surface area contributed by atoms with E-state index >= 15 is 0 Å². The standard InChI is InChI=1S/C28H27N3O5/c1-18-13-22-23(14-19(18)2)30-26(29-22)25(32)15-24(27(33)35-16-20-9-5-3-6-10-20)31-28(34)36-17-21-11-7-4-8-12-21/h3-14,24H,15-17H2,1-2H3,(H,29,30)(H,31,34)/t24-/m1/s1. The number of carbonyl (C=O) groups excluding carboxylic acids is 3. The lowest BCUT2D eigenvalue weighted by Gasteiger charge is -2.17. The average Bonchev–Trinajstić information content (AvgIpc) is 3.30. The van der Waals surface area contributed by atoms with Crippen LogP contribution in [0.15, 0.2) is 72.8 Å². The number of ether oxygens (including phenoxy) is 2. The summed E-state index contributed by atoms with van der Waals surface area (Å²) in [5.74, 6) is -1.08. The van der Waals surface area contributed by atoms with E-state index in [-0.39, 0.29) is 25.5 Å². The van der Waals surface area contributed by atoms with Gasteiger partial charge in [0.25, 0.3) is 0 Å². The van der Waals surface area contributed by atoms with Crippen molar-refractivity contribution in [2.45, 2.75) is 39.5 Å². The molecule has 0 radical (unpaired) electrons. The Balaban J connectivity index is 1.46. The zero-order valence-corrected chi connectivity index (χ0v) is 20.1. The number of aryl methyl sites for hydroxylation is 2. The first kappa shape index (κ1) is 24.7. The Bertz CT molecular complexity index is 1330. The lowest BCUT2D eigenvalue weighted by atomic mass is 10.1. The van der Waals surface area contributed by atoms with Crippen molar-refractivity contribution < 1.29 is 23.9 Å². The van der Waals surface area contributed by atoms with Crippen LogP contribution in [0.1, 0.15) is 39.3 Å². The van der Waals surface area contributed by atoms with Gasteiger partial charge in [-0.1, -0.05) is 60.7 Å². The van der Waals surface area contributed by atoms with E-state index in [4.69, 9.17) is 9.47 Å². The van der Waals surface area contributed by atoms with Crippen LogP contribution in [-0.2, 0) is 27.5 Å². The van der Waals surface area contributed by atoms with Crippen LogP contribution in [0.4, 0.5) is 4.79 Å². The van der Waals surface area contributed by atoms with Gasteiger partial charge in [0.1, 0.15) is 19.3 Å². The van der Waals surface area contributed by atoms with E-state index in [1.54, 1.807) is 0 Å². The molecule has 0 spiro atoms. The Kier molecular flexibility index (Phi) is 7.75. The maximum Gasteiger partial charge on any atom is 0.408 e. The fourth-order valence-corrected chi connectivity index (χ4v) is 3.61. The number of fused-ring (bicyclic) bond motifs is 1. The molecule has 1 amide bonds. The van der Waals surface area contributed by atoms with Crippen LogP contribution in [0, 0.1) is 13.8 Å². The van der Waals surface area contributed by atoms with Crippen LogP contribution < -0.4 is 5.32 Å². The summed E-state index contributed by atoms with van der Waals surface area (Å²) in [5.41, 5.74) is 5.07. The number of rotatable bonds is 9. The number of hydrogen-bond acceptors (Lipinski definition) is 6. The molecule has 0 saturated heterocycles. The van der Waals surface area contributed by atoms with Crippen LogP contribution in [0.3, 0.4) is 0 Å². The van der Waals surface area contributed by atoms with E-state index in [1.807, 2.05) is 86.6 Å². The lowest BCUT2D eigenvalue weighted by molar-refractivity contribution is -0.147. The molecular formula is C28H27N3O5. The monoisotopic (exact) mass is 485 g/mol. The molecule has 8 heteroatoms. The summed E-state index contributed by atoms with van der Waals surface area (Å²) < 4.78 is 10.6. The molecule has 0 saturated carbocycles. The Morgan fingerprint density at radius 1 is 0.861 bits per heavy atom. The van der Waals surface area contributed by atoms with E-state index < -0.39 is 23.9 Å². The predicted molar refractivity (Wildman–Crippen MR) is 134 cm³/mol. The van der Waals surface area contributed by atoms with Crippen LogP contribution in [0.2, 0.25) is 0 Å². The molecule has 1 heterocycles. The van der Waals surface area contributed by atoms with Crippen molar-refractivity contribution in [1.29, 1.82) is 0 Å². The zero-order valence-electron chi connectivity index (χ0n) is 20.1. The average molecular weight is 486 g/mol. The van der Waals surface area contributed by atoms with Crippen molar-refractivity contribution in [1.82, 2.24) is 15.3 Å². The highest BCUT2D eigenvalue weighted by Gasteiger charge is 2.28. The Morgan fingerprint density at radius 3 is 2.08 bits per heavy atom. The number of ketones is 1. The minimum Gasteiger partial charge on any atom is -0.459 e. The first-order chi connectivity index (χ1) is 17.4. The smallest absolute Gasteiger partial charge is 0.408 e. The second kappa shape index (κ2) is 11.3. The number of amides is 1. The minimum atomic E-state index is -1.25. The molecule has 1 aromatic heterocycles. The summed E-state index contributed by atoms with van der Waals surface area (Å²) in [6.07, 6.45) is -1.17. The molecule has 3 aromatic carbocycles. The summed E-state index contributed by atoms with van der Waals surface area (Å²) in [7, 11) is 0. The molecule has 8 nitrogen and oxygen atoms in total. The molecule has 4 rings (SSSR count). The molecule has 184 valence electrons. The van der Waals surface area contributed by atoms with Gasteiger partial charge in [0.2, 0.25) is 5.78 Å². The van der Waals surface area contributed by atoms with E-state index in [2.05, 4.69) is 15.3 Å². The maximum atomic E-state index is 13.0. The van der Waals surface area contributed by atoms with Crippen molar-refractivity contribution in [3.63, 3.8) is 0 Å². The van der Waals surface area contributed by atoms with Gasteiger partial charge in [-0.2, -0.15) is 0 Å². The highest BCUT2D eigenvalue weighted by Crippen LogP contribution is 2.18. The highest BCUT2D eigenvalue weighted by molar-refractivity contribution is 5.99. The van der Waals surface area contributed by atoms with Crippen molar-refractivity contribution >= 4 is 28.9 Å². The number of aromatic amines is 1. The summed E-state index contributed by atoms with van der Waals surface area (Å²) in [5, 5.41) is 2.48. The van der Waals surface area contributed by atoms with Crippen molar-refractivity contribution in [3.05, 3.63) is 101 Å². The first-order valence-corrected chi connectivity index (χ1v) is 11.6. The topological polar surface area (TPSA) is 110 Å². The quantitative estimate of drug-likeness (QED) is 0.261. The largest absolute Gasteiger partial charge is 0.459 e. The van der Waals surface area contributed by atoms with Gasteiger partial charge < -0.3 is 19.8 Å². The first-order valence-electron chi connectivity index (χ1n) is 11.6. The third kappa shape index (κ3) is 6.35. The number of H-pyrrole nitrogens is 1. The van der Waals surface area contributed by atoms with Gasteiger partial charge in [-0.25, -0.2) is 14.6 Å². The van der Waals surface area contributed by atoms with E-state index in [1.165, 1.54) is 0 Å². The fourth-order valence-electron chi connectivity index (χ4n) is 3.61. The molecular weight excluding hydrogens is 458 g/mol. The molecule has 0 bridgehead atoms. The lowest BCUT2D eigenvalue weighted by Crippen LogP contribution is -2.43. The minimum absolute atomic E-state index is 0.00823. The van der Waals surface area contributed by atoms with E-state index in [0.29, 0.717) is 5.52 Å². The van der Waals surface area contributed by atoms with Crippen molar-refractivity contribution in [3.8, 4) is 0 Å². The summed E-state index contributed by atoms with van der Waals surface area (Å²) in [4.78, 5) is 45.8.